The van der Waals surface area contributed by atoms with Crippen molar-refractivity contribution in [2.24, 2.45) is 0 Å². The third-order valence-electron chi connectivity index (χ3n) is 4.59. The number of sulfonamides is 1. The lowest BCUT2D eigenvalue weighted by molar-refractivity contribution is 0.593. The zero-order valence-electron chi connectivity index (χ0n) is 14.1. The molecule has 0 radical (unpaired) electrons. The van der Waals surface area contributed by atoms with Gasteiger partial charge in [0.15, 0.2) is 0 Å². The van der Waals surface area contributed by atoms with Crippen LogP contribution in [0.2, 0.25) is 0 Å². The first-order valence-electron chi connectivity index (χ1n) is 8.42. The van der Waals surface area contributed by atoms with Gasteiger partial charge in [0.05, 0.1) is 11.4 Å². The number of nitrogens with zero attached hydrogens (tertiary/aromatic N) is 2. The van der Waals surface area contributed by atoms with E-state index in [1.165, 1.54) is 22.8 Å². The highest BCUT2D eigenvalue weighted by Crippen LogP contribution is 2.24. The fourth-order valence-electron chi connectivity index (χ4n) is 3.04. The van der Waals surface area contributed by atoms with Crippen LogP contribution in [0.4, 0.5) is 11.4 Å². The Morgan fingerprint density at radius 3 is 2.21 bits per heavy atom. The van der Waals surface area contributed by atoms with E-state index in [1.54, 1.807) is 7.05 Å². The van der Waals surface area contributed by atoms with Crippen LogP contribution in [0.1, 0.15) is 18.4 Å². The van der Waals surface area contributed by atoms with Crippen molar-refractivity contribution in [1.29, 1.82) is 0 Å². The molecule has 4 nitrogen and oxygen atoms in total. The molecule has 0 spiro atoms. The van der Waals surface area contributed by atoms with Crippen molar-refractivity contribution in [2.75, 3.05) is 35.1 Å². The Hall–Kier alpha value is -2.01. The van der Waals surface area contributed by atoms with Crippen LogP contribution in [0, 0.1) is 0 Å². The second-order valence-electron chi connectivity index (χ2n) is 6.23. The van der Waals surface area contributed by atoms with Crippen molar-refractivity contribution in [3.8, 4) is 0 Å². The van der Waals surface area contributed by atoms with E-state index < -0.39 is 10.0 Å². The minimum absolute atomic E-state index is 0.112. The summed E-state index contributed by atoms with van der Waals surface area (Å²) in [6, 6.07) is 17.5. The minimum Gasteiger partial charge on any atom is -0.372 e. The molecule has 0 amide bonds. The van der Waals surface area contributed by atoms with E-state index in [0.29, 0.717) is 12.1 Å². The van der Waals surface area contributed by atoms with Crippen LogP contribution in [0.5, 0.6) is 0 Å². The van der Waals surface area contributed by atoms with E-state index in [1.807, 2.05) is 54.6 Å². The summed E-state index contributed by atoms with van der Waals surface area (Å²) in [6.07, 6.45) is 2.99. The van der Waals surface area contributed by atoms with Gasteiger partial charge in [-0.05, 0) is 49.1 Å². The highest BCUT2D eigenvalue weighted by Gasteiger charge is 2.19. The van der Waals surface area contributed by atoms with Crippen molar-refractivity contribution in [3.63, 3.8) is 0 Å². The molecular weight excluding hydrogens is 320 g/mol. The van der Waals surface area contributed by atoms with Crippen LogP contribution in [-0.2, 0) is 16.4 Å². The predicted molar refractivity (Wildman–Crippen MR) is 100 cm³/mol. The van der Waals surface area contributed by atoms with Crippen molar-refractivity contribution in [1.82, 2.24) is 0 Å². The Morgan fingerprint density at radius 2 is 1.58 bits per heavy atom. The summed E-state index contributed by atoms with van der Waals surface area (Å²) in [5, 5.41) is 0. The molecule has 0 unspecified atom stereocenters. The third-order valence-corrected chi connectivity index (χ3v) is 6.36. The van der Waals surface area contributed by atoms with E-state index in [2.05, 4.69) is 4.90 Å². The monoisotopic (exact) mass is 344 g/mol. The largest absolute Gasteiger partial charge is 0.372 e. The number of aryl methyl sites for hydroxylation is 1. The maximum absolute atomic E-state index is 12.6. The van der Waals surface area contributed by atoms with E-state index in [9.17, 15) is 8.42 Å². The number of anilines is 2. The van der Waals surface area contributed by atoms with E-state index in [4.69, 9.17) is 0 Å². The zero-order chi connectivity index (χ0) is 17.0. The van der Waals surface area contributed by atoms with Crippen molar-refractivity contribution < 1.29 is 8.42 Å². The quantitative estimate of drug-likeness (QED) is 0.807. The predicted octanol–water partition coefficient (Wildman–Crippen LogP) is 3.30. The van der Waals surface area contributed by atoms with Gasteiger partial charge in [-0.15, -0.1) is 0 Å². The molecule has 2 aromatic carbocycles. The lowest BCUT2D eigenvalue weighted by Gasteiger charge is -2.22. The molecule has 24 heavy (non-hydrogen) atoms. The number of hydrogen-bond acceptors (Lipinski definition) is 3. The normalized spacial score (nSPS) is 14.8. The third kappa shape index (κ3) is 3.90. The maximum Gasteiger partial charge on any atom is 0.235 e. The van der Waals surface area contributed by atoms with Crippen molar-refractivity contribution in [3.05, 3.63) is 60.2 Å². The summed E-state index contributed by atoms with van der Waals surface area (Å²) in [5.74, 6) is 0.112. The summed E-state index contributed by atoms with van der Waals surface area (Å²) < 4.78 is 26.5. The highest BCUT2D eigenvalue weighted by atomic mass is 32.2. The van der Waals surface area contributed by atoms with Gasteiger partial charge in [-0.1, -0.05) is 30.3 Å². The van der Waals surface area contributed by atoms with E-state index in [-0.39, 0.29) is 5.75 Å². The Balaban J connectivity index is 1.66. The summed E-state index contributed by atoms with van der Waals surface area (Å²) in [4.78, 5) is 2.34. The van der Waals surface area contributed by atoms with Crippen LogP contribution >= 0.6 is 0 Å². The molecule has 128 valence electrons. The van der Waals surface area contributed by atoms with Crippen molar-refractivity contribution in [2.45, 2.75) is 19.3 Å². The molecule has 0 aromatic heterocycles. The fourth-order valence-corrected chi connectivity index (χ4v) is 4.25. The molecule has 0 bridgehead atoms. The molecule has 3 rings (SSSR count). The van der Waals surface area contributed by atoms with Gasteiger partial charge in [0, 0.05) is 25.8 Å². The Labute approximate surface area is 144 Å². The average molecular weight is 344 g/mol. The van der Waals surface area contributed by atoms with Gasteiger partial charge >= 0.3 is 0 Å². The first-order chi connectivity index (χ1) is 11.6. The highest BCUT2D eigenvalue weighted by molar-refractivity contribution is 7.92. The summed E-state index contributed by atoms with van der Waals surface area (Å²) >= 11 is 0. The van der Waals surface area contributed by atoms with E-state index in [0.717, 1.165) is 18.7 Å². The number of benzene rings is 2. The Bertz CT molecular complexity index is 752. The summed E-state index contributed by atoms with van der Waals surface area (Å²) in [5.41, 5.74) is 2.93. The molecule has 1 aliphatic heterocycles. The topological polar surface area (TPSA) is 40.6 Å². The molecule has 5 heteroatoms. The van der Waals surface area contributed by atoms with Gasteiger partial charge < -0.3 is 4.90 Å². The first-order valence-corrected chi connectivity index (χ1v) is 10.0. The Morgan fingerprint density at radius 1 is 0.958 bits per heavy atom. The Kier molecular flexibility index (Phi) is 5.09. The van der Waals surface area contributed by atoms with Crippen LogP contribution in [0.3, 0.4) is 0 Å². The van der Waals surface area contributed by atoms with Gasteiger partial charge in [-0.3, -0.25) is 4.31 Å². The first kappa shape index (κ1) is 16.8. The van der Waals surface area contributed by atoms with E-state index >= 15 is 0 Å². The number of hydrogen-bond donors (Lipinski definition) is 0. The minimum atomic E-state index is -3.32. The van der Waals surface area contributed by atoms with Crippen LogP contribution in [-0.4, -0.2) is 34.3 Å². The number of rotatable bonds is 6. The summed E-state index contributed by atoms with van der Waals surface area (Å²) in [6.45, 7) is 2.18. The molecule has 0 atom stereocenters. The second kappa shape index (κ2) is 7.26. The van der Waals surface area contributed by atoms with Gasteiger partial charge in [0.25, 0.3) is 0 Å². The van der Waals surface area contributed by atoms with Gasteiger partial charge in [0.2, 0.25) is 10.0 Å². The van der Waals surface area contributed by atoms with Crippen LogP contribution in [0.25, 0.3) is 0 Å². The van der Waals surface area contributed by atoms with Crippen LogP contribution < -0.4 is 9.21 Å². The van der Waals surface area contributed by atoms with Gasteiger partial charge in [-0.2, -0.15) is 0 Å². The fraction of sp³-hybridized carbons (Fsp3) is 0.368. The van der Waals surface area contributed by atoms with Gasteiger partial charge in [-0.25, -0.2) is 8.42 Å². The molecule has 1 heterocycles. The molecule has 2 aromatic rings. The SMILES string of the molecule is CN(c1ccc(N2CCCC2)cc1)S(=O)(=O)CCc1ccccc1. The maximum atomic E-state index is 12.6. The molecule has 0 saturated carbocycles. The molecule has 0 N–H and O–H groups in total. The molecule has 1 fully saturated rings. The lowest BCUT2D eigenvalue weighted by atomic mass is 10.2. The standard InChI is InChI=1S/C19H24N2O2S/c1-20(24(22,23)16-13-17-7-3-2-4-8-17)18-9-11-19(12-10-18)21-14-5-6-15-21/h2-4,7-12H,5-6,13-16H2,1H3. The lowest BCUT2D eigenvalue weighted by Crippen LogP contribution is -2.29. The van der Waals surface area contributed by atoms with Gasteiger partial charge in [0.1, 0.15) is 0 Å². The zero-order valence-corrected chi connectivity index (χ0v) is 14.9. The average Bonchev–Trinajstić information content (AvgIpc) is 3.15. The second-order valence-corrected chi connectivity index (χ2v) is 8.35. The van der Waals surface area contributed by atoms with Crippen molar-refractivity contribution >= 4 is 21.4 Å². The molecular formula is C19H24N2O2S. The smallest absolute Gasteiger partial charge is 0.235 e. The summed E-state index contributed by atoms with van der Waals surface area (Å²) in [7, 11) is -1.69. The van der Waals surface area contributed by atoms with Crippen LogP contribution in [0.15, 0.2) is 54.6 Å². The molecule has 1 aliphatic rings. The molecule has 1 saturated heterocycles. The molecule has 0 aliphatic carbocycles.